The van der Waals surface area contributed by atoms with Gasteiger partial charge in [0.2, 0.25) is 0 Å². The molecule has 142 valence electrons. The molecule has 3 aromatic rings. The number of hydrogen-bond acceptors (Lipinski definition) is 5. The van der Waals surface area contributed by atoms with Crippen LogP contribution in [0.4, 0.5) is 0 Å². The highest BCUT2D eigenvalue weighted by Crippen LogP contribution is 2.39. The molecule has 0 aliphatic heterocycles. The predicted octanol–water partition coefficient (Wildman–Crippen LogP) is 4.03. The molecule has 7 heteroatoms. The summed E-state index contributed by atoms with van der Waals surface area (Å²) in [6, 6.07) is 10.4. The third-order valence-corrected chi connectivity index (χ3v) is 5.49. The minimum absolute atomic E-state index is 0.546. The average Bonchev–Trinajstić information content (AvgIpc) is 3.40. The molecule has 1 aliphatic rings. The highest BCUT2D eigenvalue weighted by molar-refractivity contribution is 7.71. The highest BCUT2D eigenvalue weighted by Gasteiger charge is 2.30. The Balaban J connectivity index is 1.56. The summed E-state index contributed by atoms with van der Waals surface area (Å²) < 4.78 is 10.2. The van der Waals surface area contributed by atoms with E-state index in [4.69, 9.17) is 21.8 Å². The molecular formula is C20H25N5OS. The second-order valence-electron chi connectivity index (χ2n) is 7.44. The summed E-state index contributed by atoms with van der Waals surface area (Å²) in [4.78, 5) is 2.19. The van der Waals surface area contributed by atoms with E-state index >= 15 is 0 Å². The predicted molar refractivity (Wildman–Crippen MR) is 106 cm³/mol. The number of rotatable bonds is 7. The fourth-order valence-electron chi connectivity index (χ4n) is 3.38. The van der Waals surface area contributed by atoms with Crippen molar-refractivity contribution in [2.75, 3.05) is 7.05 Å². The minimum Gasteiger partial charge on any atom is -0.361 e. The Hall–Kier alpha value is -2.25. The monoisotopic (exact) mass is 383 g/mol. The minimum atomic E-state index is 0.546. The van der Waals surface area contributed by atoms with E-state index in [1.165, 1.54) is 18.4 Å². The topological polar surface area (TPSA) is 52.0 Å². The molecule has 0 unspecified atom stereocenters. The Morgan fingerprint density at radius 1 is 1.22 bits per heavy atom. The van der Waals surface area contributed by atoms with Gasteiger partial charge in [0.15, 0.2) is 4.77 Å². The largest absolute Gasteiger partial charge is 0.361 e. The van der Waals surface area contributed by atoms with Gasteiger partial charge >= 0.3 is 0 Å². The SMILES string of the molecule is Cc1noc(C)c1CN(C)Cn1nc(C2CC2)n(Cc2ccccc2)c1=S. The number of aromatic nitrogens is 4. The molecule has 4 rings (SSSR count). The zero-order chi connectivity index (χ0) is 19.0. The summed E-state index contributed by atoms with van der Waals surface area (Å²) in [5.41, 5.74) is 3.32. The fraction of sp³-hybridized carbons (Fsp3) is 0.450. The van der Waals surface area contributed by atoms with Crippen LogP contribution in [0, 0.1) is 18.6 Å². The van der Waals surface area contributed by atoms with E-state index in [0.29, 0.717) is 12.6 Å². The van der Waals surface area contributed by atoms with E-state index in [9.17, 15) is 0 Å². The van der Waals surface area contributed by atoms with Crippen molar-refractivity contribution in [2.45, 2.75) is 52.4 Å². The number of hydrogen-bond donors (Lipinski definition) is 0. The molecule has 1 aliphatic carbocycles. The summed E-state index contributed by atoms with van der Waals surface area (Å²) in [5.74, 6) is 2.54. The van der Waals surface area contributed by atoms with Crippen molar-refractivity contribution in [1.82, 2.24) is 24.4 Å². The zero-order valence-electron chi connectivity index (χ0n) is 16.1. The first-order chi connectivity index (χ1) is 13.0. The van der Waals surface area contributed by atoms with E-state index in [2.05, 4.69) is 45.9 Å². The van der Waals surface area contributed by atoms with E-state index in [1.807, 2.05) is 24.6 Å². The highest BCUT2D eigenvalue weighted by atomic mass is 32.1. The fourth-order valence-corrected chi connectivity index (χ4v) is 3.64. The van der Waals surface area contributed by atoms with E-state index < -0.39 is 0 Å². The summed E-state index contributed by atoms with van der Waals surface area (Å²) in [5, 5.41) is 8.92. The van der Waals surface area contributed by atoms with Gasteiger partial charge in [-0.25, -0.2) is 4.68 Å². The van der Waals surface area contributed by atoms with Crippen molar-refractivity contribution in [2.24, 2.45) is 0 Å². The van der Waals surface area contributed by atoms with Gasteiger partial charge < -0.3 is 4.52 Å². The van der Waals surface area contributed by atoms with Crippen LogP contribution in [0.3, 0.4) is 0 Å². The van der Waals surface area contributed by atoms with Crippen molar-refractivity contribution in [3.8, 4) is 0 Å². The van der Waals surface area contributed by atoms with Crippen LogP contribution in [0.15, 0.2) is 34.9 Å². The van der Waals surface area contributed by atoms with Gasteiger partial charge in [0.25, 0.3) is 0 Å². The molecule has 0 amide bonds. The van der Waals surface area contributed by atoms with Crippen molar-refractivity contribution >= 4 is 12.2 Å². The molecule has 0 bridgehead atoms. The second-order valence-corrected chi connectivity index (χ2v) is 7.81. The van der Waals surface area contributed by atoms with Gasteiger partial charge in [-0.15, -0.1) is 0 Å². The van der Waals surface area contributed by atoms with Crippen molar-refractivity contribution in [1.29, 1.82) is 0 Å². The van der Waals surface area contributed by atoms with Gasteiger partial charge in [0, 0.05) is 18.0 Å². The molecule has 1 fully saturated rings. The Morgan fingerprint density at radius 3 is 2.59 bits per heavy atom. The van der Waals surface area contributed by atoms with Crippen LogP contribution in [0.2, 0.25) is 0 Å². The lowest BCUT2D eigenvalue weighted by Crippen LogP contribution is -2.23. The second kappa shape index (κ2) is 7.40. The summed E-state index contributed by atoms with van der Waals surface area (Å²) >= 11 is 5.78. The molecule has 6 nitrogen and oxygen atoms in total. The molecule has 0 atom stereocenters. The first-order valence-corrected chi connectivity index (χ1v) is 9.75. The Morgan fingerprint density at radius 2 is 1.96 bits per heavy atom. The molecule has 2 aromatic heterocycles. The maximum Gasteiger partial charge on any atom is 0.199 e. The average molecular weight is 384 g/mol. The molecule has 0 spiro atoms. The molecule has 0 radical (unpaired) electrons. The van der Waals surface area contributed by atoms with Crippen LogP contribution in [-0.4, -0.2) is 31.5 Å². The summed E-state index contributed by atoms with van der Waals surface area (Å²) in [7, 11) is 2.07. The molecule has 1 saturated carbocycles. The van der Waals surface area contributed by atoms with Crippen LogP contribution in [-0.2, 0) is 19.8 Å². The lowest BCUT2D eigenvalue weighted by molar-refractivity contribution is 0.241. The standard InChI is InChI=1S/C20H25N5OS/c1-14-18(15(2)26-22-14)12-23(3)13-25-20(27)24(19(21-25)17-9-10-17)11-16-7-5-4-6-8-16/h4-8,17H,9-13H2,1-3H3. The van der Waals surface area contributed by atoms with Gasteiger partial charge in [-0.05, 0) is 51.5 Å². The first-order valence-electron chi connectivity index (χ1n) is 9.34. The number of nitrogens with zero attached hydrogens (tertiary/aromatic N) is 5. The van der Waals surface area contributed by atoms with Crippen LogP contribution >= 0.6 is 12.2 Å². The smallest absolute Gasteiger partial charge is 0.199 e. The molecule has 1 aromatic carbocycles. The summed E-state index contributed by atoms with van der Waals surface area (Å²) in [6.45, 7) is 6.11. The lowest BCUT2D eigenvalue weighted by atomic mass is 10.2. The third-order valence-electron chi connectivity index (χ3n) is 5.06. The first kappa shape index (κ1) is 18.1. The maximum atomic E-state index is 5.78. The van der Waals surface area contributed by atoms with Crippen LogP contribution in [0.5, 0.6) is 0 Å². The zero-order valence-corrected chi connectivity index (χ0v) is 16.9. The quantitative estimate of drug-likeness (QED) is 0.577. The van der Waals surface area contributed by atoms with Crippen molar-refractivity contribution in [3.05, 3.63) is 63.5 Å². The van der Waals surface area contributed by atoms with Gasteiger partial charge in [0.1, 0.15) is 11.6 Å². The third kappa shape index (κ3) is 3.89. The van der Waals surface area contributed by atoms with Gasteiger partial charge in [-0.1, -0.05) is 35.5 Å². The molecule has 27 heavy (non-hydrogen) atoms. The van der Waals surface area contributed by atoms with Crippen molar-refractivity contribution in [3.63, 3.8) is 0 Å². The van der Waals surface area contributed by atoms with E-state index in [1.54, 1.807) is 0 Å². The maximum absolute atomic E-state index is 5.78. The number of benzene rings is 1. The normalized spacial score (nSPS) is 14.2. The summed E-state index contributed by atoms with van der Waals surface area (Å²) in [6.07, 6.45) is 2.41. The Kier molecular flexibility index (Phi) is 4.97. The molecular weight excluding hydrogens is 358 g/mol. The van der Waals surface area contributed by atoms with Crippen LogP contribution in [0.1, 0.15) is 47.2 Å². The van der Waals surface area contributed by atoms with Gasteiger partial charge in [-0.3, -0.25) is 9.47 Å². The molecule has 0 N–H and O–H groups in total. The number of aryl methyl sites for hydroxylation is 2. The van der Waals surface area contributed by atoms with Gasteiger partial charge in [0.05, 0.1) is 18.9 Å². The van der Waals surface area contributed by atoms with E-state index in [0.717, 1.165) is 40.7 Å². The van der Waals surface area contributed by atoms with Crippen LogP contribution in [0.25, 0.3) is 0 Å². The van der Waals surface area contributed by atoms with Gasteiger partial charge in [-0.2, -0.15) is 5.10 Å². The Bertz CT molecular complexity index is 964. The van der Waals surface area contributed by atoms with E-state index in [-0.39, 0.29) is 0 Å². The molecule has 2 heterocycles. The van der Waals surface area contributed by atoms with Crippen LogP contribution < -0.4 is 0 Å². The Labute approximate surface area is 164 Å². The van der Waals surface area contributed by atoms with Crippen molar-refractivity contribution < 1.29 is 4.52 Å². The lowest BCUT2D eigenvalue weighted by Gasteiger charge is -2.16. The molecule has 0 saturated heterocycles.